The van der Waals surface area contributed by atoms with Gasteiger partial charge in [-0.15, -0.1) is 0 Å². The SMILES string of the molecule is COC(=O)C1=C[C@]2(c3ccccc3)[C@@H]3C(=O)OC(=O)[C@@H]3[C@@]1(C(=O)OC)C21OCC(C)(C)CO1. The molecule has 174 valence electrons. The molecule has 1 saturated carbocycles. The van der Waals surface area contributed by atoms with Gasteiger partial charge < -0.3 is 23.7 Å². The normalized spacial score (nSPS) is 35.1. The molecule has 2 aliphatic carbocycles. The average molecular weight is 456 g/mol. The summed E-state index contributed by atoms with van der Waals surface area (Å²) in [6.45, 7) is 4.13. The largest absolute Gasteiger partial charge is 0.468 e. The quantitative estimate of drug-likeness (QED) is 0.377. The van der Waals surface area contributed by atoms with E-state index in [9.17, 15) is 19.2 Å². The Kier molecular flexibility index (Phi) is 4.45. The van der Waals surface area contributed by atoms with Crippen LogP contribution in [0.15, 0.2) is 42.0 Å². The van der Waals surface area contributed by atoms with E-state index in [0.717, 1.165) is 7.11 Å². The number of carbonyl (C=O) groups excluding carboxylic acids is 4. The second kappa shape index (κ2) is 6.74. The summed E-state index contributed by atoms with van der Waals surface area (Å²) >= 11 is 0. The van der Waals surface area contributed by atoms with Gasteiger partial charge in [-0.2, -0.15) is 0 Å². The van der Waals surface area contributed by atoms with Crippen molar-refractivity contribution in [1.29, 1.82) is 0 Å². The van der Waals surface area contributed by atoms with Crippen LogP contribution in [0.4, 0.5) is 0 Å². The number of rotatable bonds is 3. The minimum Gasteiger partial charge on any atom is -0.468 e. The van der Waals surface area contributed by atoms with E-state index in [0.29, 0.717) is 5.56 Å². The Morgan fingerprint density at radius 3 is 2.12 bits per heavy atom. The van der Waals surface area contributed by atoms with Crippen LogP contribution in [0.25, 0.3) is 0 Å². The summed E-state index contributed by atoms with van der Waals surface area (Å²) in [6, 6.07) is 8.78. The van der Waals surface area contributed by atoms with Gasteiger partial charge in [-0.05, 0) is 5.56 Å². The van der Waals surface area contributed by atoms with Crippen LogP contribution in [0.3, 0.4) is 0 Å². The number of cyclic esters (lactones) is 2. The number of carbonyl (C=O) groups is 4. The van der Waals surface area contributed by atoms with Gasteiger partial charge in [0.25, 0.3) is 0 Å². The minimum absolute atomic E-state index is 0.144. The molecule has 0 radical (unpaired) electrons. The molecule has 2 heterocycles. The first-order valence-corrected chi connectivity index (χ1v) is 10.6. The van der Waals surface area contributed by atoms with Gasteiger partial charge in [0.05, 0.1) is 50.3 Å². The number of esters is 4. The first kappa shape index (κ1) is 21.8. The second-order valence-electron chi connectivity index (χ2n) is 9.64. The molecule has 2 bridgehead atoms. The van der Waals surface area contributed by atoms with Gasteiger partial charge in [0.1, 0.15) is 0 Å². The van der Waals surface area contributed by atoms with Crippen molar-refractivity contribution in [3.8, 4) is 0 Å². The number of methoxy groups -OCH3 is 2. The number of hydrogen-bond donors (Lipinski definition) is 0. The van der Waals surface area contributed by atoms with Crippen molar-refractivity contribution >= 4 is 23.9 Å². The molecule has 0 N–H and O–H groups in total. The Hall–Kier alpha value is -3.04. The zero-order valence-corrected chi connectivity index (χ0v) is 18.7. The van der Waals surface area contributed by atoms with E-state index >= 15 is 0 Å². The lowest BCUT2D eigenvalue weighted by Crippen LogP contribution is -2.66. The van der Waals surface area contributed by atoms with Crippen molar-refractivity contribution < 1.29 is 42.9 Å². The highest BCUT2D eigenvalue weighted by Crippen LogP contribution is 2.76. The Morgan fingerprint density at radius 2 is 1.55 bits per heavy atom. The molecule has 9 heteroatoms. The van der Waals surface area contributed by atoms with Crippen molar-refractivity contribution in [2.45, 2.75) is 25.0 Å². The van der Waals surface area contributed by atoms with Crippen LogP contribution >= 0.6 is 0 Å². The van der Waals surface area contributed by atoms with E-state index in [1.54, 1.807) is 30.3 Å². The van der Waals surface area contributed by atoms with Crippen LogP contribution in [-0.4, -0.2) is 57.1 Å². The van der Waals surface area contributed by atoms with E-state index in [1.807, 2.05) is 13.8 Å². The summed E-state index contributed by atoms with van der Waals surface area (Å²) < 4.78 is 28.1. The fourth-order valence-electron chi connectivity index (χ4n) is 6.15. The molecule has 1 aromatic carbocycles. The fourth-order valence-corrected chi connectivity index (χ4v) is 6.15. The van der Waals surface area contributed by atoms with Crippen molar-refractivity contribution in [2.24, 2.45) is 22.7 Å². The smallest absolute Gasteiger partial charge is 0.334 e. The molecule has 33 heavy (non-hydrogen) atoms. The lowest BCUT2D eigenvalue weighted by molar-refractivity contribution is -0.344. The Labute approximate surface area is 190 Å². The molecular weight excluding hydrogens is 432 g/mol. The predicted molar refractivity (Wildman–Crippen MR) is 109 cm³/mol. The lowest BCUT2D eigenvalue weighted by atomic mass is 9.66. The molecule has 2 saturated heterocycles. The topological polar surface area (TPSA) is 114 Å². The highest BCUT2D eigenvalue weighted by Gasteiger charge is 2.92. The summed E-state index contributed by atoms with van der Waals surface area (Å²) in [5.41, 5.74) is -3.65. The third kappa shape index (κ3) is 2.29. The van der Waals surface area contributed by atoms with E-state index < -0.39 is 57.7 Å². The highest BCUT2D eigenvalue weighted by atomic mass is 16.7. The minimum atomic E-state index is -2.10. The van der Waals surface area contributed by atoms with Crippen LogP contribution in [0, 0.1) is 22.7 Å². The number of benzene rings is 1. The maximum absolute atomic E-state index is 13.7. The fraction of sp³-hybridized carbons (Fsp3) is 0.500. The monoisotopic (exact) mass is 456 g/mol. The maximum atomic E-state index is 13.7. The van der Waals surface area contributed by atoms with Gasteiger partial charge in [0.2, 0.25) is 5.79 Å². The van der Waals surface area contributed by atoms with Crippen LogP contribution in [0.2, 0.25) is 0 Å². The molecular formula is C24H24O9. The molecule has 0 amide bonds. The first-order chi connectivity index (χ1) is 15.6. The second-order valence-corrected chi connectivity index (χ2v) is 9.64. The maximum Gasteiger partial charge on any atom is 0.334 e. The van der Waals surface area contributed by atoms with Crippen LogP contribution in [0.1, 0.15) is 19.4 Å². The molecule has 1 spiro atoms. The summed E-state index contributed by atoms with van der Waals surface area (Å²) in [5.74, 6) is -7.98. The van der Waals surface area contributed by atoms with E-state index in [-0.39, 0.29) is 18.8 Å². The van der Waals surface area contributed by atoms with Gasteiger partial charge in [0.15, 0.2) is 5.41 Å². The van der Waals surface area contributed by atoms with E-state index in [4.69, 9.17) is 23.7 Å². The third-order valence-corrected chi connectivity index (χ3v) is 7.36. The van der Waals surface area contributed by atoms with Gasteiger partial charge in [-0.1, -0.05) is 50.3 Å². The first-order valence-electron chi connectivity index (χ1n) is 10.6. The van der Waals surface area contributed by atoms with Gasteiger partial charge in [-0.25, -0.2) is 4.79 Å². The number of ether oxygens (including phenoxy) is 5. The van der Waals surface area contributed by atoms with E-state index in [2.05, 4.69) is 0 Å². The van der Waals surface area contributed by atoms with Gasteiger partial charge in [0, 0.05) is 5.41 Å². The van der Waals surface area contributed by atoms with Crippen LogP contribution in [0.5, 0.6) is 0 Å². The molecule has 5 rings (SSSR count). The van der Waals surface area contributed by atoms with Crippen LogP contribution in [-0.2, 0) is 48.3 Å². The van der Waals surface area contributed by atoms with Gasteiger partial charge >= 0.3 is 23.9 Å². The van der Waals surface area contributed by atoms with Crippen molar-refractivity contribution in [3.63, 3.8) is 0 Å². The zero-order chi connectivity index (χ0) is 23.8. The lowest BCUT2D eigenvalue weighted by Gasteiger charge is -2.52. The molecule has 9 nitrogen and oxygen atoms in total. The highest BCUT2D eigenvalue weighted by molar-refractivity contribution is 6.11. The molecule has 4 aliphatic rings. The van der Waals surface area contributed by atoms with Crippen molar-refractivity contribution in [3.05, 3.63) is 47.5 Å². The average Bonchev–Trinajstić information content (AvgIpc) is 3.34. The summed E-state index contributed by atoms with van der Waals surface area (Å²) in [7, 11) is 2.31. The molecule has 3 fully saturated rings. The van der Waals surface area contributed by atoms with Crippen molar-refractivity contribution in [2.75, 3.05) is 27.4 Å². The Balaban J connectivity index is 1.92. The standard InChI is InChI=1S/C24H24O9/c1-21(2)11-31-24(32-12-21)22(13-8-6-5-7-9-13)10-14(17(25)29-3)23(24,20(28)30-4)16-15(22)18(26)33-19(16)27/h5-10,15-16H,11-12H2,1-4H3/t15-,16+,22-,23-/m0/s1. The van der Waals surface area contributed by atoms with Crippen LogP contribution < -0.4 is 0 Å². The summed E-state index contributed by atoms with van der Waals surface area (Å²) in [4.78, 5) is 53.0. The van der Waals surface area contributed by atoms with Gasteiger partial charge in [-0.3, -0.25) is 14.4 Å². The number of hydrogen-bond acceptors (Lipinski definition) is 9. The molecule has 0 unspecified atom stereocenters. The number of fused-ring (bicyclic) bond motifs is 3. The molecule has 0 aromatic heterocycles. The zero-order valence-electron chi connectivity index (χ0n) is 18.7. The summed E-state index contributed by atoms with van der Waals surface area (Å²) in [5, 5.41) is 0. The predicted octanol–water partition coefficient (Wildman–Crippen LogP) is 1.30. The van der Waals surface area contributed by atoms with E-state index in [1.165, 1.54) is 13.2 Å². The third-order valence-electron chi connectivity index (χ3n) is 7.36. The molecule has 1 aromatic rings. The molecule has 2 aliphatic heterocycles. The molecule has 4 atom stereocenters. The Bertz CT molecular complexity index is 1090. The Morgan fingerprint density at radius 1 is 0.939 bits per heavy atom. The summed E-state index contributed by atoms with van der Waals surface area (Å²) in [6.07, 6.45) is 1.49. The van der Waals surface area contributed by atoms with Crippen molar-refractivity contribution in [1.82, 2.24) is 0 Å².